The second-order valence-electron chi connectivity index (χ2n) is 6.37. The molecule has 0 bridgehead atoms. The van der Waals surface area contributed by atoms with Crippen LogP contribution >= 0.6 is 11.6 Å². The minimum absolute atomic E-state index is 0.669. The van der Waals surface area contributed by atoms with Crippen LogP contribution in [0, 0.1) is 0 Å². The Kier molecular flexibility index (Phi) is 4.90. The summed E-state index contributed by atoms with van der Waals surface area (Å²) in [5, 5.41) is 5.03. The molecule has 0 radical (unpaired) electrons. The molecule has 1 heterocycles. The third-order valence-electron chi connectivity index (χ3n) is 4.28. The number of hydrogen-bond donors (Lipinski definition) is 1. The summed E-state index contributed by atoms with van der Waals surface area (Å²) >= 11 is 6.12. The molecule has 4 rings (SSSR count). The van der Waals surface area contributed by atoms with E-state index in [1.165, 1.54) is 5.56 Å². The molecule has 0 unspecified atom stereocenters. The lowest BCUT2D eigenvalue weighted by molar-refractivity contribution is 0.875. The summed E-state index contributed by atoms with van der Waals surface area (Å²) in [5.41, 5.74) is 3.00. The van der Waals surface area contributed by atoms with Crippen molar-refractivity contribution in [1.82, 2.24) is 9.97 Å². The van der Waals surface area contributed by atoms with Gasteiger partial charge in [0.1, 0.15) is 5.82 Å². The lowest BCUT2D eigenvalue weighted by Gasteiger charge is -2.19. The van der Waals surface area contributed by atoms with Gasteiger partial charge in [0.2, 0.25) is 5.95 Å². The Morgan fingerprint density at radius 1 is 0.889 bits per heavy atom. The van der Waals surface area contributed by atoms with Crippen molar-refractivity contribution in [1.29, 1.82) is 0 Å². The van der Waals surface area contributed by atoms with Gasteiger partial charge in [0.05, 0.1) is 5.52 Å². The van der Waals surface area contributed by atoms with E-state index < -0.39 is 0 Å². The zero-order valence-electron chi connectivity index (χ0n) is 14.9. The number of aromatic nitrogens is 2. The number of anilines is 3. The third kappa shape index (κ3) is 4.01. The van der Waals surface area contributed by atoms with Crippen LogP contribution in [0.3, 0.4) is 0 Å². The van der Waals surface area contributed by atoms with E-state index >= 15 is 0 Å². The van der Waals surface area contributed by atoms with Crippen molar-refractivity contribution in [3.8, 4) is 0 Å². The van der Waals surface area contributed by atoms with Crippen molar-refractivity contribution < 1.29 is 0 Å². The van der Waals surface area contributed by atoms with E-state index in [-0.39, 0.29) is 0 Å². The highest BCUT2D eigenvalue weighted by Gasteiger charge is 2.12. The fourth-order valence-electron chi connectivity index (χ4n) is 2.96. The van der Waals surface area contributed by atoms with Gasteiger partial charge in [0.25, 0.3) is 0 Å². The number of fused-ring (bicyclic) bond motifs is 1. The Balaban J connectivity index is 1.71. The molecule has 0 amide bonds. The number of benzene rings is 3. The number of para-hydroxylation sites is 1. The van der Waals surface area contributed by atoms with Gasteiger partial charge in [-0.3, -0.25) is 0 Å². The predicted octanol–water partition coefficient (Wildman–Crippen LogP) is 5.66. The maximum atomic E-state index is 6.12. The first-order chi connectivity index (χ1) is 13.2. The fourth-order valence-corrected chi connectivity index (χ4v) is 3.15. The molecule has 4 nitrogen and oxygen atoms in total. The largest absolute Gasteiger partial charge is 0.340 e. The quantitative estimate of drug-likeness (QED) is 0.489. The zero-order chi connectivity index (χ0) is 18.6. The van der Waals surface area contributed by atoms with E-state index in [0.29, 0.717) is 11.0 Å². The average Bonchev–Trinajstić information content (AvgIpc) is 2.69. The molecular weight excluding hydrogens is 356 g/mol. The van der Waals surface area contributed by atoms with E-state index in [9.17, 15) is 0 Å². The van der Waals surface area contributed by atoms with Crippen LogP contribution in [0.4, 0.5) is 17.5 Å². The average molecular weight is 375 g/mol. The molecule has 0 saturated carbocycles. The zero-order valence-corrected chi connectivity index (χ0v) is 15.7. The lowest BCUT2D eigenvalue weighted by atomic mass is 10.2. The van der Waals surface area contributed by atoms with Crippen molar-refractivity contribution in [2.75, 3.05) is 17.3 Å². The van der Waals surface area contributed by atoms with Gasteiger partial charge in [-0.25, -0.2) is 4.98 Å². The summed E-state index contributed by atoms with van der Waals surface area (Å²) in [6.45, 7) is 0.732. The van der Waals surface area contributed by atoms with Gasteiger partial charge in [-0.05, 0) is 35.9 Å². The first kappa shape index (κ1) is 17.3. The predicted molar refractivity (Wildman–Crippen MR) is 113 cm³/mol. The van der Waals surface area contributed by atoms with E-state index in [1.54, 1.807) is 0 Å². The summed E-state index contributed by atoms with van der Waals surface area (Å²) in [7, 11) is 2.00. The molecule has 0 aliphatic carbocycles. The number of hydrogen-bond acceptors (Lipinski definition) is 4. The van der Waals surface area contributed by atoms with Gasteiger partial charge in [0.15, 0.2) is 0 Å². The minimum Gasteiger partial charge on any atom is -0.340 e. The molecule has 5 heteroatoms. The molecule has 4 aromatic rings. The molecule has 1 N–H and O–H groups in total. The highest BCUT2D eigenvalue weighted by Crippen LogP contribution is 2.27. The second kappa shape index (κ2) is 7.64. The molecule has 0 aliphatic heterocycles. The molecule has 1 aromatic heterocycles. The highest BCUT2D eigenvalue weighted by molar-refractivity contribution is 6.30. The molecule has 0 spiro atoms. The Bertz CT molecular complexity index is 1070. The minimum atomic E-state index is 0.669. The van der Waals surface area contributed by atoms with Crippen LogP contribution in [0.2, 0.25) is 5.02 Å². The SMILES string of the molecule is CN(Cc1ccccc1)c1nc(Nc2cccc(Cl)c2)c2ccccc2n1. The molecule has 27 heavy (non-hydrogen) atoms. The summed E-state index contributed by atoms with van der Waals surface area (Å²) in [6, 6.07) is 25.9. The van der Waals surface area contributed by atoms with Gasteiger partial charge in [-0.1, -0.05) is 60.1 Å². The Morgan fingerprint density at radius 3 is 2.48 bits per heavy atom. The molecule has 3 aromatic carbocycles. The van der Waals surface area contributed by atoms with Crippen molar-refractivity contribution in [2.45, 2.75) is 6.54 Å². The number of halogens is 1. The topological polar surface area (TPSA) is 41.1 Å². The Morgan fingerprint density at radius 2 is 1.67 bits per heavy atom. The van der Waals surface area contributed by atoms with Crippen LogP contribution in [-0.2, 0) is 6.54 Å². The molecule has 0 atom stereocenters. The van der Waals surface area contributed by atoms with Gasteiger partial charge in [-0.15, -0.1) is 0 Å². The lowest BCUT2D eigenvalue weighted by Crippen LogP contribution is -2.19. The maximum absolute atomic E-state index is 6.12. The summed E-state index contributed by atoms with van der Waals surface area (Å²) in [5.74, 6) is 1.43. The van der Waals surface area contributed by atoms with Crippen LogP contribution in [-0.4, -0.2) is 17.0 Å². The van der Waals surface area contributed by atoms with Crippen molar-refractivity contribution in [2.24, 2.45) is 0 Å². The van der Waals surface area contributed by atoms with Crippen LogP contribution in [0.15, 0.2) is 78.9 Å². The third-order valence-corrected chi connectivity index (χ3v) is 4.52. The second-order valence-corrected chi connectivity index (χ2v) is 6.80. The smallest absolute Gasteiger partial charge is 0.227 e. The van der Waals surface area contributed by atoms with Gasteiger partial charge in [0, 0.05) is 29.7 Å². The van der Waals surface area contributed by atoms with Crippen molar-refractivity contribution >= 4 is 40.0 Å². The normalized spacial score (nSPS) is 10.7. The number of nitrogens with zero attached hydrogens (tertiary/aromatic N) is 3. The van der Waals surface area contributed by atoms with Gasteiger partial charge in [-0.2, -0.15) is 4.98 Å². The highest BCUT2D eigenvalue weighted by atomic mass is 35.5. The van der Waals surface area contributed by atoms with Crippen LogP contribution in [0.1, 0.15) is 5.56 Å². The molecular formula is C22H19ClN4. The maximum Gasteiger partial charge on any atom is 0.227 e. The number of rotatable bonds is 5. The molecule has 0 saturated heterocycles. The van der Waals surface area contributed by atoms with E-state index in [4.69, 9.17) is 21.6 Å². The Labute approximate surface area is 163 Å². The van der Waals surface area contributed by atoms with Crippen LogP contribution in [0.25, 0.3) is 10.9 Å². The van der Waals surface area contributed by atoms with Crippen molar-refractivity contribution in [3.05, 3.63) is 89.4 Å². The summed E-state index contributed by atoms with van der Waals surface area (Å²) in [4.78, 5) is 11.6. The van der Waals surface area contributed by atoms with E-state index in [2.05, 4.69) is 17.4 Å². The van der Waals surface area contributed by atoms with Gasteiger partial charge < -0.3 is 10.2 Å². The van der Waals surface area contributed by atoms with E-state index in [0.717, 1.165) is 29.0 Å². The first-order valence-electron chi connectivity index (χ1n) is 8.73. The summed E-state index contributed by atoms with van der Waals surface area (Å²) < 4.78 is 0. The van der Waals surface area contributed by atoms with E-state index in [1.807, 2.05) is 78.7 Å². The standard InChI is InChI=1S/C22H19ClN4/c1-27(15-16-8-3-2-4-9-16)22-25-20-13-6-5-12-19(20)21(26-22)24-18-11-7-10-17(23)14-18/h2-14H,15H2,1H3,(H,24,25,26). The van der Waals surface area contributed by atoms with Gasteiger partial charge >= 0.3 is 0 Å². The molecule has 0 aliphatic rings. The van der Waals surface area contributed by atoms with Crippen molar-refractivity contribution in [3.63, 3.8) is 0 Å². The van der Waals surface area contributed by atoms with Crippen LogP contribution in [0.5, 0.6) is 0 Å². The monoisotopic (exact) mass is 374 g/mol. The molecule has 134 valence electrons. The first-order valence-corrected chi connectivity index (χ1v) is 9.11. The fraction of sp³-hybridized carbons (Fsp3) is 0.0909. The number of nitrogens with one attached hydrogen (secondary N) is 1. The van der Waals surface area contributed by atoms with Crippen LogP contribution < -0.4 is 10.2 Å². The summed E-state index contributed by atoms with van der Waals surface area (Å²) in [6.07, 6.45) is 0. The Hall–Kier alpha value is -3.11. The molecule has 0 fully saturated rings.